The molecule has 0 radical (unpaired) electrons. The number of hydrogen-bond donors (Lipinski definition) is 1. The molecule has 1 aromatic carbocycles. The molecule has 0 saturated carbocycles. The van der Waals surface area contributed by atoms with Crippen molar-refractivity contribution in [3.05, 3.63) is 59.9 Å². The summed E-state index contributed by atoms with van der Waals surface area (Å²) in [5, 5.41) is 3.58. The van der Waals surface area contributed by atoms with Gasteiger partial charge in [0.25, 0.3) is 0 Å². The van der Waals surface area contributed by atoms with Crippen molar-refractivity contribution in [2.24, 2.45) is 0 Å². The van der Waals surface area contributed by atoms with Gasteiger partial charge in [-0.25, -0.2) is 0 Å². The second kappa shape index (κ2) is 7.65. The first-order valence-corrected chi connectivity index (χ1v) is 7.21. The molecule has 0 fully saturated rings. The second-order valence-electron chi connectivity index (χ2n) is 4.64. The first-order valence-electron chi connectivity index (χ1n) is 7.21. The number of pyridine rings is 1. The Hall–Kier alpha value is -1.87. The molecule has 2 rings (SSSR count). The lowest BCUT2D eigenvalue weighted by Crippen LogP contribution is -2.24. The van der Waals surface area contributed by atoms with Crippen LogP contribution in [0, 0.1) is 0 Å². The highest BCUT2D eigenvalue weighted by Crippen LogP contribution is 2.29. The van der Waals surface area contributed by atoms with E-state index < -0.39 is 0 Å². The normalized spacial score (nSPS) is 12.1. The second-order valence-corrected chi connectivity index (χ2v) is 4.64. The summed E-state index contributed by atoms with van der Waals surface area (Å²) in [6.45, 7) is 5.81. The van der Waals surface area contributed by atoms with Crippen LogP contribution in [0.1, 0.15) is 37.4 Å². The van der Waals surface area contributed by atoms with Crippen LogP contribution in [0.4, 0.5) is 0 Å². The van der Waals surface area contributed by atoms with Crippen molar-refractivity contribution in [2.75, 3.05) is 13.2 Å². The van der Waals surface area contributed by atoms with Crippen molar-refractivity contribution in [2.45, 2.75) is 26.3 Å². The summed E-state index contributed by atoms with van der Waals surface area (Å²) in [6, 6.07) is 12.4. The van der Waals surface area contributed by atoms with Crippen molar-refractivity contribution in [1.82, 2.24) is 10.3 Å². The van der Waals surface area contributed by atoms with Crippen molar-refractivity contribution >= 4 is 0 Å². The Morgan fingerprint density at radius 2 is 2.00 bits per heavy atom. The van der Waals surface area contributed by atoms with E-state index in [-0.39, 0.29) is 6.04 Å². The van der Waals surface area contributed by atoms with Crippen molar-refractivity contribution in [1.29, 1.82) is 0 Å². The predicted molar refractivity (Wildman–Crippen MR) is 82.0 cm³/mol. The summed E-state index contributed by atoms with van der Waals surface area (Å²) in [7, 11) is 0. The van der Waals surface area contributed by atoms with Crippen molar-refractivity contribution in [3.63, 3.8) is 0 Å². The molecular weight excluding hydrogens is 248 g/mol. The SMILES string of the molecule is CCCNC(c1cccnc1)c1ccccc1OCC. The van der Waals surface area contributed by atoms with Gasteiger partial charge in [-0.3, -0.25) is 4.98 Å². The molecule has 0 saturated heterocycles. The average Bonchev–Trinajstić information content (AvgIpc) is 2.50. The standard InChI is InChI=1S/C17H22N2O/c1-3-11-19-17(14-8-7-12-18-13-14)15-9-5-6-10-16(15)20-4-2/h5-10,12-13,17,19H,3-4,11H2,1-2H3. The minimum atomic E-state index is 0.117. The van der Waals surface area contributed by atoms with E-state index in [1.807, 2.05) is 31.3 Å². The van der Waals surface area contributed by atoms with Crippen LogP contribution in [0.25, 0.3) is 0 Å². The number of para-hydroxylation sites is 1. The minimum absolute atomic E-state index is 0.117. The number of nitrogens with zero attached hydrogens (tertiary/aromatic N) is 1. The van der Waals surface area contributed by atoms with E-state index in [9.17, 15) is 0 Å². The van der Waals surface area contributed by atoms with Crippen LogP contribution in [0.15, 0.2) is 48.8 Å². The van der Waals surface area contributed by atoms with Gasteiger partial charge >= 0.3 is 0 Å². The van der Waals surface area contributed by atoms with E-state index in [2.05, 4.69) is 35.4 Å². The van der Waals surface area contributed by atoms with E-state index in [1.54, 1.807) is 6.20 Å². The monoisotopic (exact) mass is 270 g/mol. The zero-order chi connectivity index (χ0) is 14.2. The Bertz CT molecular complexity index is 513. The molecule has 3 heteroatoms. The zero-order valence-electron chi connectivity index (χ0n) is 12.2. The highest BCUT2D eigenvalue weighted by molar-refractivity contribution is 5.41. The molecular formula is C17H22N2O. The van der Waals surface area contributed by atoms with Crippen molar-refractivity contribution in [3.8, 4) is 5.75 Å². The van der Waals surface area contributed by atoms with Gasteiger partial charge in [0, 0.05) is 18.0 Å². The Kier molecular flexibility index (Phi) is 5.56. The molecule has 2 aromatic rings. The van der Waals surface area contributed by atoms with Crippen LogP contribution in [-0.2, 0) is 0 Å². The van der Waals surface area contributed by atoms with Crippen LogP contribution in [-0.4, -0.2) is 18.1 Å². The molecule has 1 N–H and O–H groups in total. The van der Waals surface area contributed by atoms with Gasteiger partial charge in [-0.05, 0) is 37.6 Å². The topological polar surface area (TPSA) is 34.2 Å². The third-order valence-electron chi connectivity index (χ3n) is 3.15. The van der Waals surface area contributed by atoms with E-state index in [0.29, 0.717) is 6.61 Å². The first-order chi connectivity index (χ1) is 9.86. The van der Waals surface area contributed by atoms with Gasteiger partial charge < -0.3 is 10.1 Å². The minimum Gasteiger partial charge on any atom is -0.494 e. The molecule has 1 unspecified atom stereocenters. The lowest BCUT2D eigenvalue weighted by Gasteiger charge is -2.21. The molecule has 0 bridgehead atoms. The fourth-order valence-corrected chi connectivity index (χ4v) is 2.25. The molecule has 3 nitrogen and oxygen atoms in total. The Morgan fingerprint density at radius 1 is 1.15 bits per heavy atom. The summed E-state index contributed by atoms with van der Waals surface area (Å²) >= 11 is 0. The fraction of sp³-hybridized carbons (Fsp3) is 0.353. The van der Waals surface area contributed by atoms with Gasteiger partial charge in [-0.1, -0.05) is 31.2 Å². The van der Waals surface area contributed by atoms with Crippen LogP contribution in [0.3, 0.4) is 0 Å². The summed E-state index contributed by atoms with van der Waals surface area (Å²) in [5.74, 6) is 0.937. The first kappa shape index (κ1) is 14.5. The van der Waals surface area contributed by atoms with Crippen molar-refractivity contribution < 1.29 is 4.74 Å². The zero-order valence-corrected chi connectivity index (χ0v) is 12.2. The highest BCUT2D eigenvalue weighted by atomic mass is 16.5. The van der Waals surface area contributed by atoms with Gasteiger partial charge in [0.05, 0.1) is 12.6 Å². The molecule has 1 atom stereocenters. The molecule has 20 heavy (non-hydrogen) atoms. The quantitative estimate of drug-likeness (QED) is 0.835. The summed E-state index contributed by atoms with van der Waals surface area (Å²) < 4.78 is 5.76. The molecule has 0 aliphatic heterocycles. The Morgan fingerprint density at radius 3 is 2.70 bits per heavy atom. The van der Waals surface area contributed by atoms with E-state index in [1.165, 1.54) is 0 Å². The predicted octanol–water partition coefficient (Wildman–Crippen LogP) is 3.57. The molecule has 1 aromatic heterocycles. The maximum atomic E-state index is 5.76. The van der Waals surface area contributed by atoms with E-state index in [4.69, 9.17) is 4.74 Å². The summed E-state index contributed by atoms with van der Waals surface area (Å²) in [6.07, 6.45) is 4.80. The molecule has 0 aliphatic carbocycles. The molecule has 0 spiro atoms. The lowest BCUT2D eigenvalue weighted by atomic mass is 9.99. The smallest absolute Gasteiger partial charge is 0.124 e. The summed E-state index contributed by atoms with van der Waals surface area (Å²) in [4.78, 5) is 4.23. The van der Waals surface area contributed by atoms with Gasteiger partial charge in [0.1, 0.15) is 5.75 Å². The summed E-state index contributed by atoms with van der Waals surface area (Å²) in [5.41, 5.74) is 2.32. The van der Waals surface area contributed by atoms with Gasteiger partial charge in [0.15, 0.2) is 0 Å². The van der Waals surface area contributed by atoms with E-state index in [0.717, 1.165) is 29.8 Å². The van der Waals surface area contributed by atoms with Gasteiger partial charge in [-0.2, -0.15) is 0 Å². The van der Waals surface area contributed by atoms with Gasteiger partial charge in [-0.15, -0.1) is 0 Å². The Labute approximate surface area is 121 Å². The molecule has 106 valence electrons. The third-order valence-corrected chi connectivity index (χ3v) is 3.15. The number of aromatic nitrogens is 1. The molecule has 0 aliphatic rings. The number of nitrogens with one attached hydrogen (secondary N) is 1. The highest BCUT2D eigenvalue weighted by Gasteiger charge is 2.17. The van der Waals surface area contributed by atoms with Crippen LogP contribution in [0.2, 0.25) is 0 Å². The third kappa shape index (κ3) is 3.58. The lowest BCUT2D eigenvalue weighted by molar-refractivity contribution is 0.333. The van der Waals surface area contributed by atoms with Crippen LogP contribution < -0.4 is 10.1 Å². The van der Waals surface area contributed by atoms with Crippen LogP contribution in [0.5, 0.6) is 5.75 Å². The number of ether oxygens (including phenoxy) is 1. The van der Waals surface area contributed by atoms with E-state index >= 15 is 0 Å². The maximum Gasteiger partial charge on any atom is 0.124 e. The number of hydrogen-bond acceptors (Lipinski definition) is 3. The number of rotatable bonds is 7. The molecule has 0 amide bonds. The average molecular weight is 270 g/mol. The Balaban J connectivity index is 2.36. The maximum absolute atomic E-state index is 5.76. The molecule has 1 heterocycles. The van der Waals surface area contributed by atoms with Crippen LogP contribution >= 0.6 is 0 Å². The fourth-order valence-electron chi connectivity index (χ4n) is 2.25. The largest absolute Gasteiger partial charge is 0.494 e. The van der Waals surface area contributed by atoms with Gasteiger partial charge in [0.2, 0.25) is 0 Å². The number of benzene rings is 1.